The van der Waals surface area contributed by atoms with Crippen molar-refractivity contribution in [1.29, 1.82) is 0 Å². The van der Waals surface area contributed by atoms with Gasteiger partial charge in [-0.15, -0.1) is 0 Å². The van der Waals surface area contributed by atoms with E-state index in [4.69, 9.17) is 0 Å². The van der Waals surface area contributed by atoms with Crippen LogP contribution in [0, 0.1) is 0 Å². The Morgan fingerprint density at radius 1 is 0.833 bits per heavy atom. The molecule has 2 nitrogen and oxygen atoms in total. The van der Waals surface area contributed by atoms with E-state index in [1.165, 1.54) is 0 Å². The fourth-order valence-electron chi connectivity index (χ4n) is 2.08. The number of aliphatic hydroxyl groups excluding tert-OH is 1. The zero-order valence-electron chi connectivity index (χ0n) is 9.82. The third kappa shape index (κ3) is 1.98. The van der Waals surface area contributed by atoms with Gasteiger partial charge in [0.1, 0.15) is 6.10 Å². The molecule has 0 bridgehead atoms. The molecule has 0 amide bonds. The van der Waals surface area contributed by atoms with Gasteiger partial charge in [0.2, 0.25) is 0 Å². The lowest BCUT2D eigenvalue weighted by Gasteiger charge is -2.11. The molecule has 0 fully saturated rings. The second-order valence-corrected chi connectivity index (χ2v) is 4.27. The largest absolute Gasteiger partial charge is 0.384 e. The van der Waals surface area contributed by atoms with Gasteiger partial charge in [0.05, 0.1) is 5.52 Å². The van der Waals surface area contributed by atoms with Gasteiger partial charge in [-0.3, -0.25) is 4.98 Å². The van der Waals surface area contributed by atoms with Crippen LogP contribution < -0.4 is 0 Å². The Balaban J connectivity index is 2.04. The third-order valence-corrected chi connectivity index (χ3v) is 3.06. The minimum Gasteiger partial charge on any atom is -0.384 e. The Labute approximate surface area is 106 Å². The molecule has 1 unspecified atom stereocenters. The SMILES string of the molecule is OC(c1ccccc1)c1ccc2cccnc2c1. The van der Waals surface area contributed by atoms with Crippen LogP contribution in [0.2, 0.25) is 0 Å². The first-order valence-electron chi connectivity index (χ1n) is 5.92. The topological polar surface area (TPSA) is 33.1 Å². The zero-order chi connectivity index (χ0) is 12.4. The van der Waals surface area contributed by atoms with E-state index in [1.807, 2.05) is 60.7 Å². The quantitative estimate of drug-likeness (QED) is 0.739. The molecule has 0 aliphatic rings. The molecule has 0 aliphatic heterocycles. The number of nitrogens with zero attached hydrogens (tertiary/aromatic N) is 1. The first-order valence-corrected chi connectivity index (χ1v) is 5.92. The van der Waals surface area contributed by atoms with Gasteiger partial charge in [0.15, 0.2) is 0 Å². The molecule has 1 aromatic heterocycles. The van der Waals surface area contributed by atoms with E-state index in [9.17, 15) is 5.11 Å². The highest BCUT2D eigenvalue weighted by Crippen LogP contribution is 2.24. The van der Waals surface area contributed by atoms with Crippen molar-refractivity contribution in [2.24, 2.45) is 0 Å². The molecule has 0 spiro atoms. The summed E-state index contributed by atoms with van der Waals surface area (Å²) in [5, 5.41) is 11.4. The Bertz CT molecular complexity index is 664. The minimum absolute atomic E-state index is 0.599. The molecule has 1 N–H and O–H groups in total. The van der Waals surface area contributed by atoms with Gasteiger partial charge in [0, 0.05) is 11.6 Å². The molecule has 3 aromatic rings. The van der Waals surface area contributed by atoms with Crippen LogP contribution in [0.1, 0.15) is 17.2 Å². The molecular weight excluding hydrogens is 222 g/mol. The molecular formula is C16H13NO. The van der Waals surface area contributed by atoms with E-state index in [1.54, 1.807) is 6.20 Å². The summed E-state index contributed by atoms with van der Waals surface area (Å²) in [7, 11) is 0. The number of fused-ring (bicyclic) bond motifs is 1. The van der Waals surface area contributed by atoms with Crippen LogP contribution >= 0.6 is 0 Å². The summed E-state index contributed by atoms with van der Waals surface area (Å²) in [6.45, 7) is 0. The van der Waals surface area contributed by atoms with E-state index >= 15 is 0 Å². The van der Waals surface area contributed by atoms with Crippen LogP contribution in [0.25, 0.3) is 10.9 Å². The molecule has 2 heteroatoms. The monoisotopic (exact) mass is 235 g/mol. The summed E-state index contributed by atoms with van der Waals surface area (Å²) in [6.07, 6.45) is 1.17. The first-order chi connectivity index (χ1) is 8.84. The lowest BCUT2D eigenvalue weighted by molar-refractivity contribution is 0.220. The number of hydrogen-bond donors (Lipinski definition) is 1. The Hall–Kier alpha value is -2.19. The number of aliphatic hydroxyl groups is 1. The third-order valence-electron chi connectivity index (χ3n) is 3.06. The highest BCUT2D eigenvalue weighted by Gasteiger charge is 2.10. The Morgan fingerprint density at radius 3 is 2.50 bits per heavy atom. The van der Waals surface area contributed by atoms with Gasteiger partial charge in [-0.2, -0.15) is 0 Å². The Kier molecular flexibility index (Phi) is 2.79. The van der Waals surface area contributed by atoms with Crippen LogP contribution in [0.5, 0.6) is 0 Å². The van der Waals surface area contributed by atoms with Crippen molar-refractivity contribution in [1.82, 2.24) is 4.98 Å². The van der Waals surface area contributed by atoms with Crippen LogP contribution in [0.4, 0.5) is 0 Å². The molecule has 0 radical (unpaired) electrons. The maximum Gasteiger partial charge on any atom is 0.104 e. The van der Waals surface area contributed by atoms with Gasteiger partial charge in [-0.1, -0.05) is 48.5 Å². The predicted molar refractivity (Wildman–Crippen MR) is 72.2 cm³/mol. The van der Waals surface area contributed by atoms with Gasteiger partial charge in [-0.25, -0.2) is 0 Å². The van der Waals surface area contributed by atoms with E-state index in [0.717, 1.165) is 22.0 Å². The van der Waals surface area contributed by atoms with Gasteiger partial charge in [0.25, 0.3) is 0 Å². The molecule has 88 valence electrons. The number of hydrogen-bond acceptors (Lipinski definition) is 2. The number of aromatic nitrogens is 1. The van der Waals surface area contributed by atoms with Crippen molar-refractivity contribution in [3.05, 3.63) is 78.0 Å². The minimum atomic E-state index is -0.599. The second-order valence-electron chi connectivity index (χ2n) is 4.27. The lowest BCUT2D eigenvalue weighted by atomic mass is 10.0. The molecule has 1 atom stereocenters. The smallest absolute Gasteiger partial charge is 0.104 e. The van der Waals surface area contributed by atoms with E-state index in [2.05, 4.69) is 4.98 Å². The highest BCUT2D eigenvalue weighted by molar-refractivity contribution is 5.79. The van der Waals surface area contributed by atoms with Gasteiger partial charge < -0.3 is 5.11 Å². The number of pyridine rings is 1. The van der Waals surface area contributed by atoms with Crippen molar-refractivity contribution < 1.29 is 5.11 Å². The Morgan fingerprint density at radius 2 is 1.67 bits per heavy atom. The lowest BCUT2D eigenvalue weighted by Crippen LogP contribution is -1.99. The maximum absolute atomic E-state index is 10.3. The molecule has 0 saturated heterocycles. The molecule has 0 aliphatic carbocycles. The van der Waals surface area contributed by atoms with Crippen molar-refractivity contribution in [2.75, 3.05) is 0 Å². The van der Waals surface area contributed by atoms with Crippen LogP contribution in [-0.4, -0.2) is 10.1 Å². The normalized spacial score (nSPS) is 12.5. The standard InChI is InChI=1S/C16H13NO/c18-16(13-5-2-1-3-6-13)14-9-8-12-7-4-10-17-15(12)11-14/h1-11,16,18H. The summed E-state index contributed by atoms with van der Waals surface area (Å²) in [4.78, 5) is 4.31. The van der Waals surface area contributed by atoms with Crippen molar-refractivity contribution in [3.8, 4) is 0 Å². The fourth-order valence-corrected chi connectivity index (χ4v) is 2.08. The van der Waals surface area contributed by atoms with Crippen LogP contribution in [-0.2, 0) is 0 Å². The summed E-state index contributed by atoms with van der Waals surface area (Å²) in [5.74, 6) is 0. The van der Waals surface area contributed by atoms with Crippen LogP contribution in [0.15, 0.2) is 66.9 Å². The predicted octanol–water partition coefficient (Wildman–Crippen LogP) is 3.32. The second kappa shape index (κ2) is 4.59. The molecule has 18 heavy (non-hydrogen) atoms. The maximum atomic E-state index is 10.3. The van der Waals surface area contributed by atoms with Gasteiger partial charge >= 0.3 is 0 Å². The average molecular weight is 235 g/mol. The summed E-state index contributed by atoms with van der Waals surface area (Å²) >= 11 is 0. The highest BCUT2D eigenvalue weighted by atomic mass is 16.3. The summed E-state index contributed by atoms with van der Waals surface area (Å²) in [5.41, 5.74) is 2.67. The number of benzene rings is 2. The molecule has 0 saturated carbocycles. The molecule has 1 heterocycles. The van der Waals surface area contributed by atoms with Gasteiger partial charge in [-0.05, 0) is 23.3 Å². The molecule has 2 aromatic carbocycles. The average Bonchev–Trinajstić information content (AvgIpc) is 2.47. The van der Waals surface area contributed by atoms with Crippen molar-refractivity contribution in [2.45, 2.75) is 6.10 Å². The van der Waals surface area contributed by atoms with E-state index in [-0.39, 0.29) is 0 Å². The van der Waals surface area contributed by atoms with Crippen molar-refractivity contribution >= 4 is 10.9 Å². The number of rotatable bonds is 2. The summed E-state index contributed by atoms with van der Waals surface area (Å²) in [6, 6.07) is 19.4. The van der Waals surface area contributed by atoms with Crippen LogP contribution in [0.3, 0.4) is 0 Å². The first kappa shape index (κ1) is 10.9. The zero-order valence-corrected chi connectivity index (χ0v) is 9.82. The van der Waals surface area contributed by atoms with E-state index < -0.39 is 6.10 Å². The van der Waals surface area contributed by atoms with E-state index in [0.29, 0.717) is 0 Å². The fraction of sp³-hybridized carbons (Fsp3) is 0.0625. The van der Waals surface area contributed by atoms with Crippen molar-refractivity contribution in [3.63, 3.8) is 0 Å². The summed E-state index contributed by atoms with van der Waals surface area (Å²) < 4.78 is 0. The molecule has 3 rings (SSSR count).